The molecular formula is C12H21NO5S2. The number of rotatable bonds is 4. The van der Waals surface area contributed by atoms with Crippen molar-refractivity contribution in [3.05, 3.63) is 0 Å². The second-order valence-electron chi connectivity index (χ2n) is 5.82. The van der Waals surface area contributed by atoms with Crippen molar-refractivity contribution < 1.29 is 23.1 Å². The van der Waals surface area contributed by atoms with Crippen LogP contribution in [0.25, 0.3) is 0 Å². The van der Waals surface area contributed by atoms with Crippen LogP contribution in [0, 0.1) is 5.92 Å². The van der Waals surface area contributed by atoms with Crippen LogP contribution in [0.5, 0.6) is 0 Å². The van der Waals surface area contributed by atoms with Crippen molar-refractivity contribution in [2.45, 2.75) is 43.9 Å². The van der Waals surface area contributed by atoms with E-state index in [-0.39, 0.29) is 17.0 Å². The van der Waals surface area contributed by atoms with Gasteiger partial charge in [0.1, 0.15) is 10.8 Å². The first-order valence-corrected chi connectivity index (χ1v) is 9.22. The number of carboxylic acids is 1. The first-order valence-electron chi connectivity index (χ1n) is 6.28. The van der Waals surface area contributed by atoms with Gasteiger partial charge in [0.2, 0.25) is 5.91 Å². The Morgan fingerprint density at radius 1 is 1.35 bits per heavy atom. The number of amides is 1. The summed E-state index contributed by atoms with van der Waals surface area (Å²) in [6, 6.07) is -0.971. The molecule has 20 heavy (non-hydrogen) atoms. The summed E-state index contributed by atoms with van der Waals surface area (Å²) in [5, 5.41) is 8.93. The maximum atomic E-state index is 12.6. The Labute approximate surface area is 123 Å². The van der Waals surface area contributed by atoms with Crippen LogP contribution >= 0.6 is 11.8 Å². The van der Waals surface area contributed by atoms with E-state index in [0.717, 1.165) is 6.26 Å². The van der Waals surface area contributed by atoms with E-state index < -0.39 is 32.5 Å². The first kappa shape index (κ1) is 17.3. The van der Waals surface area contributed by atoms with Crippen LogP contribution in [-0.2, 0) is 19.4 Å². The summed E-state index contributed by atoms with van der Waals surface area (Å²) in [4.78, 5) is 25.2. The zero-order chi connectivity index (χ0) is 15.9. The molecule has 2 atom stereocenters. The van der Waals surface area contributed by atoms with Crippen LogP contribution in [0.2, 0.25) is 0 Å². The number of thioether (sulfide) groups is 1. The van der Waals surface area contributed by atoms with Gasteiger partial charge in [-0.1, -0.05) is 13.8 Å². The molecule has 0 radical (unpaired) electrons. The van der Waals surface area contributed by atoms with E-state index in [0.29, 0.717) is 0 Å². The van der Waals surface area contributed by atoms with E-state index in [4.69, 9.17) is 0 Å². The van der Waals surface area contributed by atoms with E-state index in [1.807, 2.05) is 13.8 Å². The Bertz CT molecular complexity index is 512. The van der Waals surface area contributed by atoms with Gasteiger partial charge in [0.25, 0.3) is 0 Å². The van der Waals surface area contributed by atoms with Crippen LogP contribution in [-0.4, -0.2) is 58.5 Å². The van der Waals surface area contributed by atoms with Crippen molar-refractivity contribution in [3.8, 4) is 0 Å². The molecule has 1 heterocycles. The summed E-state index contributed by atoms with van der Waals surface area (Å²) < 4.78 is 22.0. The van der Waals surface area contributed by atoms with Crippen molar-refractivity contribution in [2.75, 3.05) is 12.0 Å². The fourth-order valence-electron chi connectivity index (χ4n) is 1.96. The van der Waals surface area contributed by atoms with Gasteiger partial charge in [0.15, 0.2) is 9.84 Å². The number of nitrogens with zero attached hydrogens (tertiary/aromatic N) is 1. The molecule has 116 valence electrons. The fourth-order valence-corrected chi connectivity index (χ4v) is 3.85. The zero-order valence-electron chi connectivity index (χ0n) is 12.3. The van der Waals surface area contributed by atoms with Gasteiger partial charge < -0.3 is 10.0 Å². The van der Waals surface area contributed by atoms with E-state index in [9.17, 15) is 23.1 Å². The van der Waals surface area contributed by atoms with Crippen LogP contribution in [0.15, 0.2) is 0 Å². The molecule has 1 amide bonds. The van der Waals surface area contributed by atoms with Crippen LogP contribution in [0.1, 0.15) is 27.7 Å². The van der Waals surface area contributed by atoms with Gasteiger partial charge in [-0.25, -0.2) is 13.2 Å². The number of carbonyl (C=O) groups is 2. The standard InChI is InChI=1S/C12H21NO5S2/c1-7(2)9-13(8(6-19-9)10(14)15)11(16)12(3,4)20(5,17)18/h7-9H,6H2,1-5H3,(H,14,15). The number of hydrogen-bond donors (Lipinski definition) is 1. The average molecular weight is 323 g/mol. The minimum Gasteiger partial charge on any atom is -0.480 e. The van der Waals surface area contributed by atoms with Gasteiger partial charge in [0.05, 0.1) is 5.37 Å². The average Bonchev–Trinajstić information content (AvgIpc) is 2.70. The lowest BCUT2D eigenvalue weighted by atomic mass is 10.1. The highest BCUT2D eigenvalue weighted by Crippen LogP contribution is 2.36. The number of aliphatic carboxylic acids is 1. The topological polar surface area (TPSA) is 91.8 Å². The number of carboxylic acid groups (broad SMARTS) is 1. The highest BCUT2D eigenvalue weighted by Gasteiger charge is 2.50. The third kappa shape index (κ3) is 2.95. The van der Waals surface area contributed by atoms with Crippen molar-refractivity contribution in [1.82, 2.24) is 4.90 Å². The van der Waals surface area contributed by atoms with E-state index in [1.165, 1.54) is 30.5 Å². The summed E-state index contributed by atoms with van der Waals surface area (Å²) >= 11 is 1.38. The first-order chi connectivity index (χ1) is 8.91. The Hall–Kier alpha value is -0.760. The third-order valence-electron chi connectivity index (χ3n) is 3.57. The lowest BCUT2D eigenvalue weighted by molar-refractivity contribution is -0.150. The van der Waals surface area contributed by atoms with Gasteiger partial charge >= 0.3 is 5.97 Å². The summed E-state index contributed by atoms with van der Waals surface area (Å²) in [6.45, 7) is 6.42. The molecule has 6 nitrogen and oxygen atoms in total. The molecule has 1 aliphatic heterocycles. The summed E-state index contributed by atoms with van der Waals surface area (Å²) in [7, 11) is -3.63. The van der Waals surface area contributed by atoms with Crippen molar-refractivity contribution in [2.24, 2.45) is 5.92 Å². The molecule has 2 unspecified atom stereocenters. The molecule has 1 saturated heterocycles. The molecule has 0 aromatic carbocycles. The second kappa shape index (κ2) is 5.55. The maximum absolute atomic E-state index is 12.6. The minimum atomic E-state index is -3.63. The Morgan fingerprint density at radius 2 is 1.85 bits per heavy atom. The molecule has 1 aliphatic rings. The molecule has 1 rings (SSSR count). The van der Waals surface area contributed by atoms with Gasteiger partial charge in [-0.05, 0) is 19.8 Å². The molecule has 0 aromatic heterocycles. The quantitative estimate of drug-likeness (QED) is 0.823. The summed E-state index contributed by atoms with van der Waals surface area (Å²) in [5.74, 6) is -1.41. The SMILES string of the molecule is CC(C)C1SCC(C(=O)O)N1C(=O)C(C)(C)S(C)(=O)=O. The van der Waals surface area contributed by atoms with Gasteiger partial charge in [-0.2, -0.15) is 0 Å². The van der Waals surface area contributed by atoms with Crippen LogP contribution in [0.4, 0.5) is 0 Å². The molecule has 0 aromatic rings. The number of hydrogen-bond acceptors (Lipinski definition) is 5. The highest BCUT2D eigenvalue weighted by atomic mass is 32.2. The molecule has 0 aliphatic carbocycles. The minimum absolute atomic E-state index is 0.0451. The zero-order valence-corrected chi connectivity index (χ0v) is 13.9. The molecule has 0 saturated carbocycles. The van der Waals surface area contributed by atoms with E-state index in [1.54, 1.807) is 0 Å². The number of carbonyl (C=O) groups excluding carboxylic acids is 1. The maximum Gasteiger partial charge on any atom is 0.327 e. The van der Waals surface area contributed by atoms with Crippen molar-refractivity contribution in [3.63, 3.8) is 0 Å². The monoisotopic (exact) mass is 323 g/mol. The summed E-state index contributed by atoms with van der Waals surface area (Å²) in [6.07, 6.45) is 0.994. The Morgan fingerprint density at radius 3 is 2.20 bits per heavy atom. The lowest BCUT2D eigenvalue weighted by Gasteiger charge is -2.35. The molecule has 1 fully saturated rings. The summed E-state index contributed by atoms with van der Waals surface area (Å²) in [5.41, 5.74) is 0. The van der Waals surface area contributed by atoms with Crippen molar-refractivity contribution in [1.29, 1.82) is 0 Å². The van der Waals surface area contributed by atoms with E-state index >= 15 is 0 Å². The van der Waals surface area contributed by atoms with Gasteiger partial charge in [0, 0.05) is 12.0 Å². The molecule has 0 spiro atoms. The number of sulfone groups is 1. The third-order valence-corrected chi connectivity index (χ3v) is 7.22. The normalized spacial score (nSPS) is 24.2. The van der Waals surface area contributed by atoms with E-state index in [2.05, 4.69) is 0 Å². The molecule has 8 heteroatoms. The van der Waals surface area contributed by atoms with Crippen LogP contribution < -0.4 is 0 Å². The fraction of sp³-hybridized carbons (Fsp3) is 0.833. The molecule has 1 N–H and O–H groups in total. The van der Waals surface area contributed by atoms with Gasteiger partial charge in [-0.3, -0.25) is 4.79 Å². The smallest absolute Gasteiger partial charge is 0.327 e. The predicted octanol–water partition coefficient (Wildman–Crippen LogP) is 0.820. The predicted molar refractivity (Wildman–Crippen MR) is 78.3 cm³/mol. The largest absolute Gasteiger partial charge is 0.480 e. The Kier molecular flexibility index (Phi) is 4.80. The lowest BCUT2D eigenvalue weighted by Crippen LogP contribution is -2.56. The second-order valence-corrected chi connectivity index (χ2v) is 9.53. The van der Waals surface area contributed by atoms with Crippen molar-refractivity contribution >= 4 is 33.5 Å². The Balaban J connectivity index is 3.23. The molecular weight excluding hydrogens is 302 g/mol. The van der Waals surface area contributed by atoms with Crippen LogP contribution in [0.3, 0.4) is 0 Å². The highest BCUT2D eigenvalue weighted by molar-refractivity contribution is 8.00. The van der Waals surface area contributed by atoms with Gasteiger partial charge in [-0.15, -0.1) is 11.8 Å². The molecule has 0 bridgehead atoms.